The van der Waals surface area contributed by atoms with Crippen LogP contribution in [0.2, 0.25) is 0 Å². The van der Waals surface area contributed by atoms with E-state index in [0.717, 1.165) is 5.56 Å². The molecule has 14 heavy (non-hydrogen) atoms. The number of halogens is 1. The molecule has 0 saturated heterocycles. The van der Waals surface area contributed by atoms with Crippen LogP contribution in [-0.4, -0.2) is 11.7 Å². The Bertz CT molecular complexity index is 236. The first-order valence-corrected chi connectivity index (χ1v) is 5.49. The van der Waals surface area contributed by atoms with Crippen LogP contribution < -0.4 is 0 Å². The monoisotopic (exact) mass is 216 g/mol. The van der Waals surface area contributed by atoms with Gasteiger partial charge in [0.05, 0.1) is 12.1 Å². The summed E-state index contributed by atoms with van der Waals surface area (Å²) in [6, 6.07) is 7.10. The Morgan fingerprint density at radius 2 is 1.79 bits per heavy atom. The molecule has 1 N–H and O–H groups in total. The van der Waals surface area contributed by atoms with Crippen molar-refractivity contribution in [3.05, 3.63) is 29.8 Å². The third-order valence-electron chi connectivity index (χ3n) is 1.81. The van der Waals surface area contributed by atoms with E-state index in [1.54, 1.807) is 12.1 Å². The molecule has 0 aliphatic rings. The van der Waals surface area contributed by atoms with Crippen molar-refractivity contribution < 1.29 is 8.99 Å². The lowest BCUT2D eigenvalue weighted by molar-refractivity contribution is 0.273. The molecule has 0 bridgehead atoms. The summed E-state index contributed by atoms with van der Waals surface area (Å²) in [6.45, 7) is 6.06. The molecule has 0 aromatic heterocycles. The maximum Gasteiger partial charge on any atom is 0.0812 e. The van der Waals surface area contributed by atoms with Crippen molar-refractivity contribution in [2.45, 2.75) is 31.6 Å². The average Bonchev–Trinajstić information content (AvgIpc) is 2.31. The van der Waals surface area contributed by atoms with Crippen molar-refractivity contribution in [2.24, 2.45) is 0 Å². The first kappa shape index (κ1) is 13.5. The fourth-order valence-corrected chi connectivity index (χ4v) is 1.19. The fourth-order valence-electron chi connectivity index (χ4n) is 0.953. The fraction of sp³-hybridized carbons (Fsp3) is 0.455. The number of hydrogen-bond donors (Lipinski definition) is 1. The highest BCUT2D eigenvalue weighted by Gasteiger charge is 2.02. The molecule has 1 rings (SSSR count). The third kappa shape index (κ3) is 4.11. The minimum Gasteiger partial charge on any atom is -0.396 e. The van der Waals surface area contributed by atoms with Gasteiger partial charge in [0.2, 0.25) is 0 Å². The standard InChI is InChI=1S/C9H11FOS.C2H6/c1-7(6-11)8-2-4-9(12-10)5-3-8;1-2/h2-5,7,11H,6H2,1H3;1-2H3. The minimum absolute atomic E-state index is 0.127. The molecule has 0 radical (unpaired) electrons. The normalized spacial score (nSPS) is 11.5. The lowest BCUT2D eigenvalue weighted by Gasteiger charge is -2.07. The first-order chi connectivity index (χ1) is 6.77. The minimum atomic E-state index is 0.127. The van der Waals surface area contributed by atoms with E-state index in [1.807, 2.05) is 32.9 Å². The lowest BCUT2D eigenvalue weighted by Crippen LogP contribution is -1.97. The zero-order valence-corrected chi connectivity index (χ0v) is 9.64. The van der Waals surface area contributed by atoms with Crippen LogP contribution in [0, 0.1) is 0 Å². The number of benzene rings is 1. The molecule has 0 fully saturated rings. The molecule has 1 unspecified atom stereocenters. The van der Waals surface area contributed by atoms with Crippen molar-refractivity contribution in [2.75, 3.05) is 6.61 Å². The summed E-state index contributed by atoms with van der Waals surface area (Å²) >= 11 is 0.234. The van der Waals surface area contributed by atoms with E-state index in [4.69, 9.17) is 5.11 Å². The second-order valence-corrected chi connectivity index (χ2v) is 3.36. The highest BCUT2D eigenvalue weighted by atomic mass is 32.2. The SMILES string of the molecule is CC.CC(CO)c1ccc(SF)cc1. The topological polar surface area (TPSA) is 20.2 Å². The van der Waals surface area contributed by atoms with Crippen LogP contribution in [0.3, 0.4) is 0 Å². The van der Waals surface area contributed by atoms with Gasteiger partial charge < -0.3 is 5.11 Å². The molecule has 0 saturated carbocycles. The van der Waals surface area contributed by atoms with Gasteiger partial charge in [-0.15, -0.1) is 0 Å². The van der Waals surface area contributed by atoms with Gasteiger partial charge in [-0.2, -0.15) is 3.89 Å². The smallest absolute Gasteiger partial charge is 0.0812 e. The molecular formula is C11H17FOS. The Kier molecular flexibility index (Phi) is 7.52. The summed E-state index contributed by atoms with van der Waals surface area (Å²) < 4.78 is 12.0. The van der Waals surface area contributed by atoms with Crippen molar-refractivity contribution >= 4 is 12.1 Å². The maximum atomic E-state index is 12.0. The van der Waals surface area contributed by atoms with Gasteiger partial charge >= 0.3 is 0 Å². The third-order valence-corrected chi connectivity index (χ3v) is 2.26. The van der Waals surface area contributed by atoms with Gasteiger partial charge in [-0.05, 0) is 17.7 Å². The maximum absolute atomic E-state index is 12.0. The largest absolute Gasteiger partial charge is 0.396 e. The number of hydrogen-bond acceptors (Lipinski definition) is 2. The van der Waals surface area contributed by atoms with Gasteiger partial charge in [-0.1, -0.05) is 32.9 Å². The van der Waals surface area contributed by atoms with Crippen molar-refractivity contribution in [3.63, 3.8) is 0 Å². The molecule has 0 heterocycles. The van der Waals surface area contributed by atoms with Crippen LogP contribution >= 0.6 is 12.1 Å². The van der Waals surface area contributed by atoms with E-state index in [2.05, 4.69) is 0 Å². The Balaban J connectivity index is 0.000000791. The van der Waals surface area contributed by atoms with Crippen molar-refractivity contribution in [1.82, 2.24) is 0 Å². The Morgan fingerprint density at radius 1 is 1.29 bits per heavy atom. The van der Waals surface area contributed by atoms with E-state index in [-0.39, 0.29) is 24.7 Å². The van der Waals surface area contributed by atoms with Gasteiger partial charge in [0.15, 0.2) is 0 Å². The molecule has 0 spiro atoms. The molecule has 1 nitrogen and oxygen atoms in total. The van der Waals surface area contributed by atoms with Crippen molar-refractivity contribution in [1.29, 1.82) is 0 Å². The molecule has 1 aromatic rings. The second-order valence-electron chi connectivity index (χ2n) is 2.73. The highest BCUT2D eigenvalue weighted by Crippen LogP contribution is 2.21. The molecule has 0 aliphatic carbocycles. The van der Waals surface area contributed by atoms with E-state index in [1.165, 1.54) is 0 Å². The van der Waals surface area contributed by atoms with E-state index in [9.17, 15) is 3.89 Å². The van der Waals surface area contributed by atoms with Crippen LogP contribution in [0.1, 0.15) is 32.3 Å². The van der Waals surface area contributed by atoms with Crippen LogP contribution in [0.5, 0.6) is 0 Å². The average molecular weight is 216 g/mol. The van der Waals surface area contributed by atoms with E-state index >= 15 is 0 Å². The summed E-state index contributed by atoms with van der Waals surface area (Å²) in [5, 5.41) is 8.84. The van der Waals surface area contributed by atoms with Crippen molar-refractivity contribution in [3.8, 4) is 0 Å². The quantitative estimate of drug-likeness (QED) is 0.829. The Morgan fingerprint density at radius 3 is 2.14 bits per heavy atom. The van der Waals surface area contributed by atoms with Gasteiger partial charge in [0, 0.05) is 17.4 Å². The zero-order chi connectivity index (χ0) is 11.0. The Hall–Kier alpha value is -0.540. The lowest BCUT2D eigenvalue weighted by atomic mass is 10.0. The van der Waals surface area contributed by atoms with Crippen LogP contribution in [-0.2, 0) is 0 Å². The molecule has 80 valence electrons. The van der Waals surface area contributed by atoms with E-state index in [0.29, 0.717) is 4.90 Å². The first-order valence-electron chi connectivity index (χ1n) is 4.77. The predicted molar refractivity (Wildman–Crippen MR) is 60.3 cm³/mol. The Labute approximate surface area is 89.6 Å². The van der Waals surface area contributed by atoms with Gasteiger partial charge in [-0.3, -0.25) is 0 Å². The molecule has 1 atom stereocenters. The van der Waals surface area contributed by atoms with Crippen LogP contribution in [0.25, 0.3) is 0 Å². The molecule has 1 aromatic carbocycles. The number of rotatable bonds is 3. The van der Waals surface area contributed by atoms with Gasteiger partial charge in [0.25, 0.3) is 0 Å². The molecule has 0 amide bonds. The van der Waals surface area contributed by atoms with Crippen LogP contribution in [0.15, 0.2) is 29.2 Å². The molecule has 0 aliphatic heterocycles. The number of aliphatic hydroxyl groups is 1. The van der Waals surface area contributed by atoms with Crippen LogP contribution in [0.4, 0.5) is 3.89 Å². The molecule has 3 heteroatoms. The highest BCUT2D eigenvalue weighted by molar-refractivity contribution is 7.94. The van der Waals surface area contributed by atoms with Gasteiger partial charge in [-0.25, -0.2) is 0 Å². The summed E-state index contributed by atoms with van der Waals surface area (Å²) in [6.07, 6.45) is 0. The zero-order valence-electron chi connectivity index (χ0n) is 8.83. The summed E-state index contributed by atoms with van der Waals surface area (Å²) in [7, 11) is 0. The summed E-state index contributed by atoms with van der Waals surface area (Å²) in [4.78, 5) is 0.601. The predicted octanol–water partition coefficient (Wildman–Crippen LogP) is 3.79. The number of aliphatic hydroxyl groups excluding tert-OH is 1. The van der Waals surface area contributed by atoms with E-state index < -0.39 is 0 Å². The van der Waals surface area contributed by atoms with Gasteiger partial charge in [0.1, 0.15) is 0 Å². The second kappa shape index (κ2) is 7.83. The molecular weight excluding hydrogens is 199 g/mol. The summed E-state index contributed by atoms with van der Waals surface area (Å²) in [5.74, 6) is 0.128. The summed E-state index contributed by atoms with van der Waals surface area (Å²) in [5.41, 5.74) is 1.04.